The van der Waals surface area contributed by atoms with Crippen molar-refractivity contribution in [2.75, 3.05) is 0 Å². The summed E-state index contributed by atoms with van der Waals surface area (Å²) in [6.07, 6.45) is 1.87. The van der Waals surface area contributed by atoms with E-state index in [1.54, 1.807) is 13.8 Å². The van der Waals surface area contributed by atoms with Crippen molar-refractivity contribution >= 4 is 41.9 Å². The first-order valence-electron chi connectivity index (χ1n) is 5.96. The molecule has 0 radical (unpaired) electrons. The number of aromatic nitrogens is 3. The summed E-state index contributed by atoms with van der Waals surface area (Å²) in [5.74, 6) is 0.607. The average molecular weight is 425 g/mol. The van der Waals surface area contributed by atoms with E-state index in [0.29, 0.717) is 21.8 Å². The molecule has 9 heteroatoms. The van der Waals surface area contributed by atoms with Gasteiger partial charge >= 0.3 is 0 Å². The Kier molecular flexibility index (Phi) is 3.33. The van der Waals surface area contributed by atoms with Crippen molar-refractivity contribution in [3.63, 3.8) is 0 Å². The molecule has 0 saturated heterocycles. The Hall–Kier alpha value is -0.670. The highest BCUT2D eigenvalue weighted by atomic mass is 79.9. The van der Waals surface area contributed by atoms with Gasteiger partial charge in [0, 0.05) is 5.92 Å². The summed E-state index contributed by atoms with van der Waals surface area (Å²) in [7, 11) is -3.80. The quantitative estimate of drug-likeness (QED) is 0.756. The molecule has 0 N–H and O–H groups in total. The van der Waals surface area contributed by atoms with Crippen molar-refractivity contribution in [2.24, 2.45) is 0 Å². The second kappa shape index (κ2) is 4.67. The van der Waals surface area contributed by atoms with E-state index in [9.17, 15) is 8.42 Å². The summed E-state index contributed by atoms with van der Waals surface area (Å²) >= 11 is 6.45. The first kappa shape index (κ1) is 14.3. The number of rotatable bonds is 3. The number of imidazole rings is 1. The lowest BCUT2D eigenvalue weighted by Gasteiger charge is -2.08. The standard InChI is InChI=1S/C11H11Br2N3O3S/c1-5-9(8(19-15-5)7-3-4-7)20(17,18)16-10(12)6(2)14-11(16)13/h7H,3-4H2,1-2H3. The molecule has 0 bridgehead atoms. The molecule has 3 rings (SSSR count). The van der Waals surface area contributed by atoms with Gasteiger partial charge in [-0.05, 0) is 58.5 Å². The van der Waals surface area contributed by atoms with Crippen molar-refractivity contribution in [1.29, 1.82) is 0 Å². The summed E-state index contributed by atoms with van der Waals surface area (Å²) in [5.41, 5.74) is 0.958. The molecule has 108 valence electrons. The molecule has 2 aromatic rings. The minimum atomic E-state index is -3.80. The van der Waals surface area contributed by atoms with Crippen molar-refractivity contribution in [1.82, 2.24) is 14.1 Å². The van der Waals surface area contributed by atoms with Crippen LogP contribution < -0.4 is 0 Å². The highest BCUT2D eigenvalue weighted by Crippen LogP contribution is 2.44. The second-order valence-electron chi connectivity index (χ2n) is 4.76. The molecule has 2 heterocycles. The van der Waals surface area contributed by atoms with Gasteiger partial charge < -0.3 is 4.52 Å². The first-order valence-corrected chi connectivity index (χ1v) is 8.98. The Morgan fingerprint density at radius 3 is 2.40 bits per heavy atom. The van der Waals surface area contributed by atoms with Gasteiger partial charge in [-0.15, -0.1) is 0 Å². The Morgan fingerprint density at radius 1 is 1.25 bits per heavy atom. The summed E-state index contributed by atoms with van der Waals surface area (Å²) in [6, 6.07) is 0. The van der Waals surface area contributed by atoms with Gasteiger partial charge in [-0.3, -0.25) is 0 Å². The summed E-state index contributed by atoms with van der Waals surface area (Å²) in [4.78, 5) is 4.26. The lowest BCUT2D eigenvalue weighted by atomic mass is 10.3. The molecule has 2 aromatic heterocycles. The predicted molar refractivity (Wildman–Crippen MR) is 78.2 cm³/mol. The molecule has 6 nitrogen and oxygen atoms in total. The fourth-order valence-corrected chi connectivity index (χ4v) is 5.77. The van der Waals surface area contributed by atoms with Crippen LogP contribution in [0.4, 0.5) is 0 Å². The first-order chi connectivity index (χ1) is 9.34. The van der Waals surface area contributed by atoms with Crippen LogP contribution in [0.2, 0.25) is 0 Å². The normalized spacial score (nSPS) is 15.8. The van der Waals surface area contributed by atoms with Gasteiger partial charge in [0.25, 0.3) is 10.0 Å². The zero-order valence-electron chi connectivity index (χ0n) is 10.7. The molecular formula is C11H11Br2N3O3S. The minimum absolute atomic E-state index is 0.152. The molecule has 0 amide bonds. The van der Waals surface area contributed by atoms with Crippen LogP contribution in [-0.4, -0.2) is 22.5 Å². The number of aryl methyl sites for hydroxylation is 2. The van der Waals surface area contributed by atoms with E-state index in [1.165, 1.54) is 0 Å². The van der Waals surface area contributed by atoms with E-state index in [1.807, 2.05) is 0 Å². The molecule has 0 spiro atoms. The van der Waals surface area contributed by atoms with E-state index < -0.39 is 10.0 Å². The minimum Gasteiger partial charge on any atom is -0.359 e. The molecule has 1 aliphatic rings. The van der Waals surface area contributed by atoms with Crippen LogP contribution >= 0.6 is 31.9 Å². The van der Waals surface area contributed by atoms with Crippen LogP contribution in [0.1, 0.15) is 35.9 Å². The molecule has 1 saturated carbocycles. The summed E-state index contributed by atoms with van der Waals surface area (Å²) in [6.45, 7) is 3.36. The topological polar surface area (TPSA) is 78.0 Å². The molecule has 0 atom stereocenters. The van der Waals surface area contributed by atoms with Crippen molar-refractivity contribution in [3.05, 3.63) is 26.5 Å². The van der Waals surface area contributed by atoms with Crippen molar-refractivity contribution in [2.45, 2.75) is 37.5 Å². The largest absolute Gasteiger partial charge is 0.359 e. The van der Waals surface area contributed by atoms with Gasteiger partial charge in [0.15, 0.2) is 15.4 Å². The molecule has 1 fully saturated rings. The monoisotopic (exact) mass is 423 g/mol. The lowest BCUT2D eigenvalue weighted by molar-refractivity contribution is 0.377. The number of nitrogens with zero attached hydrogens (tertiary/aromatic N) is 3. The van der Waals surface area contributed by atoms with Crippen LogP contribution in [0.15, 0.2) is 18.8 Å². The van der Waals surface area contributed by atoms with Crippen molar-refractivity contribution in [3.8, 4) is 0 Å². The van der Waals surface area contributed by atoms with Crippen LogP contribution in [0.3, 0.4) is 0 Å². The van der Waals surface area contributed by atoms with Gasteiger partial charge in [0.2, 0.25) is 0 Å². The highest BCUT2D eigenvalue weighted by molar-refractivity contribution is 9.11. The molecule has 20 heavy (non-hydrogen) atoms. The van der Waals surface area contributed by atoms with E-state index >= 15 is 0 Å². The Bertz CT molecular complexity index is 790. The highest BCUT2D eigenvalue weighted by Gasteiger charge is 2.38. The third kappa shape index (κ3) is 2.06. The molecule has 0 aliphatic heterocycles. The van der Waals surface area contributed by atoms with E-state index in [-0.39, 0.29) is 15.5 Å². The molecule has 1 aliphatic carbocycles. The van der Waals surface area contributed by atoms with Crippen LogP contribution in [-0.2, 0) is 10.0 Å². The second-order valence-corrected chi connectivity index (χ2v) is 7.95. The molecule has 0 aromatic carbocycles. The van der Waals surface area contributed by atoms with Gasteiger partial charge in [0.1, 0.15) is 10.3 Å². The van der Waals surface area contributed by atoms with Crippen LogP contribution in [0.25, 0.3) is 0 Å². The number of halogens is 2. The van der Waals surface area contributed by atoms with Gasteiger partial charge in [0.05, 0.1) is 5.69 Å². The van der Waals surface area contributed by atoms with Crippen LogP contribution in [0, 0.1) is 13.8 Å². The number of hydrogen-bond donors (Lipinski definition) is 0. The van der Waals surface area contributed by atoms with E-state index in [2.05, 4.69) is 42.0 Å². The summed E-state index contributed by atoms with van der Waals surface area (Å²) < 4.78 is 32.7. The number of hydrogen-bond acceptors (Lipinski definition) is 5. The molecule has 0 unspecified atom stereocenters. The van der Waals surface area contributed by atoms with Gasteiger partial charge in [-0.1, -0.05) is 5.16 Å². The SMILES string of the molecule is Cc1noc(C2CC2)c1S(=O)(=O)n1c(Br)nc(C)c1Br. The van der Waals surface area contributed by atoms with E-state index in [4.69, 9.17) is 4.52 Å². The van der Waals surface area contributed by atoms with Crippen LogP contribution in [0.5, 0.6) is 0 Å². The van der Waals surface area contributed by atoms with Gasteiger partial charge in [-0.25, -0.2) is 17.4 Å². The molecular weight excluding hydrogens is 414 g/mol. The maximum absolute atomic E-state index is 12.9. The Balaban J connectivity index is 2.25. The fourth-order valence-electron chi connectivity index (χ4n) is 2.05. The van der Waals surface area contributed by atoms with Crippen molar-refractivity contribution < 1.29 is 12.9 Å². The smallest absolute Gasteiger partial charge is 0.276 e. The van der Waals surface area contributed by atoms with E-state index in [0.717, 1.165) is 16.8 Å². The lowest BCUT2D eigenvalue weighted by Crippen LogP contribution is -2.15. The maximum atomic E-state index is 12.9. The fraction of sp³-hybridized carbons (Fsp3) is 0.455. The third-order valence-corrected chi connectivity index (χ3v) is 6.96. The Labute approximate surface area is 132 Å². The maximum Gasteiger partial charge on any atom is 0.276 e. The predicted octanol–water partition coefficient (Wildman–Crippen LogP) is 3.13. The third-order valence-electron chi connectivity index (χ3n) is 3.18. The summed E-state index contributed by atoms with van der Waals surface area (Å²) in [5, 5.41) is 3.82. The zero-order chi connectivity index (χ0) is 14.7. The average Bonchev–Trinajstić information content (AvgIpc) is 3.05. The zero-order valence-corrected chi connectivity index (χ0v) is 14.7. The van der Waals surface area contributed by atoms with Gasteiger partial charge in [-0.2, -0.15) is 0 Å². The Morgan fingerprint density at radius 2 is 1.90 bits per heavy atom.